The van der Waals surface area contributed by atoms with Crippen LogP contribution in [0.2, 0.25) is 0 Å². The summed E-state index contributed by atoms with van der Waals surface area (Å²) in [4.78, 5) is 12.7. The lowest BCUT2D eigenvalue weighted by Crippen LogP contribution is -2.33. The van der Waals surface area contributed by atoms with Crippen LogP contribution in [0.4, 0.5) is 17.1 Å². The first-order valence-electron chi connectivity index (χ1n) is 19.0. The molecule has 56 heavy (non-hydrogen) atoms. The number of aromatic nitrogens is 1. The fraction of sp³-hybridized carbons (Fsp3) is 0.0196. The van der Waals surface area contributed by atoms with E-state index < -0.39 is 0 Å². The number of aliphatic imine (C=N–C) groups is 2. The van der Waals surface area contributed by atoms with Crippen LogP contribution in [-0.2, 0) is 0 Å². The molecule has 8 aromatic carbocycles. The molecule has 264 valence electrons. The normalized spacial score (nSPS) is 14.6. The van der Waals surface area contributed by atoms with Crippen molar-refractivity contribution in [1.82, 2.24) is 9.88 Å². The Morgan fingerprint density at radius 2 is 1.09 bits per heavy atom. The molecular formula is C51H35N5. The summed E-state index contributed by atoms with van der Waals surface area (Å²) in [5, 5.41) is 6.07. The molecule has 0 saturated heterocycles. The van der Waals surface area contributed by atoms with Gasteiger partial charge in [0.2, 0.25) is 0 Å². The zero-order chi connectivity index (χ0) is 37.0. The van der Waals surface area contributed by atoms with Crippen LogP contribution in [0.25, 0.3) is 49.7 Å². The Kier molecular flexibility index (Phi) is 7.49. The monoisotopic (exact) mass is 717 g/mol. The number of benzene rings is 8. The lowest BCUT2D eigenvalue weighted by Gasteiger charge is -2.28. The van der Waals surface area contributed by atoms with E-state index in [0.29, 0.717) is 5.84 Å². The van der Waals surface area contributed by atoms with E-state index in [-0.39, 0.29) is 6.17 Å². The molecule has 3 heterocycles. The number of amidine groups is 2. The fourth-order valence-corrected chi connectivity index (χ4v) is 8.50. The Hall–Kier alpha value is -7.50. The highest BCUT2D eigenvalue weighted by Gasteiger charge is 2.30. The molecule has 1 atom stereocenters. The van der Waals surface area contributed by atoms with Crippen LogP contribution in [0, 0.1) is 0 Å². The Morgan fingerprint density at radius 1 is 0.464 bits per heavy atom. The van der Waals surface area contributed by atoms with Gasteiger partial charge in [0.25, 0.3) is 0 Å². The molecule has 9 aromatic rings. The molecule has 2 aliphatic heterocycles. The molecule has 2 aliphatic rings. The van der Waals surface area contributed by atoms with Crippen molar-refractivity contribution in [3.05, 3.63) is 217 Å². The van der Waals surface area contributed by atoms with Gasteiger partial charge in [-0.2, -0.15) is 0 Å². The van der Waals surface area contributed by atoms with Gasteiger partial charge in [0.15, 0.2) is 5.84 Å². The highest BCUT2D eigenvalue weighted by molar-refractivity contribution is 6.21. The summed E-state index contributed by atoms with van der Waals surface area (Å²) in [5.41, 5.74) is 14.7. The maximum Gasteiger partial charge on any atom is 0.159 e. The summed E-state index contributed by atoms with van der Waals surface area (Å²) in [6.07, 6.45) is -0.277. The maximum atomic E-state index is 5.14. The van der Waals surface area contributed by atoms with Gasteiger partial charge in [-0.1, -0.05) is 158 Å². The van der Waals surface area contributed by atoms with E-state index in [1.54, 1.807) is 0 Å². The molecule has 11 rings (SSSR count). The molecule has 1 unspecified atom stereocenters. The summed E-state index contributed by atoms with van der Waals surface area (Å²) >= 11 is 0. The number of rotatable bonds is 5. The third-order valence-electron chi connectivity index (χ3n) is 11.0. The van der Waals surface area contributed by atoms with Gasteiger partial charge in [-0.05, 0) is 59.2 Å². The lowest BCUT2D eigenvalue weighted by molar-refractivity contribution is 0.674. The van der Waals surface area contributed by atoms with E-state index in [4.69, 9.17) is 9.98 Å². The fourth-order valence-electron chi connectivity index (χ4n) is 8.50. The number of nitrogens with one attached hydrogen (secondary N) is 1. The second-order valence-electron chi connectivity index (χ2n) is 14.2. The zero-order valence-electron chi connectivity index (χ0n) is 30.4. The summed E-state index contributed by atoms with van der Waals surface area (Å²) in [6.45, 7) is 0. The number of anilines is 3. The maximum absolute atomic E-state index is 5.14. The smallest absolute Gasteiger partial charge is 0.159 e. The molecular weight excluding hydrogens is 683 g/mol. The van der Waals surface area contributed by atoms with Gasteiger partial charge in [-0.15, -0.1) is 0 Å². The average Bonchev–Trinajstić information content (AvgIpc) is 3.56. The molecule has 0 spiro atoms. The molecule has 0 saturated carbocycles. The molecule has 0 amide bonds. The minimum absolute atomic E-state index is 0.277. The average molecular weight is 718 g/mol. The largest absolute Gasteiger partial charge is 0.344 e. The van der Waals surface area contributed by atoms with E-state index in [0.717, 1.165) is 50.6 Å². The zero-order valence-corrected chi connectivity index (χ0v) is 30.4. The van der Waals surface area contributed by atoms with E-state index in [2.05, 4.69) is 191 Å². The van der Waals surface area contributed by atoms with Gasteiger partial charge in [-0.3, -0.25) is 0 Å². The van der Waals surface area contributed by atoms with Crippen molar-refractivity contribution >= 4 is 50.5 Å². The topological polar surface area (TPSA) is 44.9 Å². The molecule has 0 aliphatic carbocycles. The molecule has 5 heteroatoms. The van der Waals surface area contributed by atoms with Gasteiger partial charge in [0, 0.05) is 44.4 Å². The van der Waals surface area contributed by atoms with Crippen molar-refractivity contribution in [3.63, 3.8) is 0 Å². The summed E-state index contributed by atoms with van der Waals surface area (Å²) in [6, 6.07) is 71.1. The first-order valence-corrected chi connectivity index (χ1v) is 19.0. The molecule has 0 radical (unpaired) electrons. The van der Waals surface area contributed by atoms with Gasteiger partial charge in [-0.25, -0.2) is 9.98 Å². The predicted octanol–water partition coefficient (Wildman–Crippen LogP) is 12.4. The Labute approximate surface area is 325 Å². The van der Waals surface area contributed by atoms with Crippen molar-refractivity contribution in [3.8, 4) is 27.9 Å². The SMILES string of the molecule is c1ccc(C2=NC(c3ccccc3)NC(c3cccc(-n4c5ccccc5c5c6c(ccc54)-c4ccccc4-c4ccccc4N6c4ccccc4)c3)=N2)cc1. The van der Waals surface area contributed by atoms with Gasteiger partial charge < -0.3 is 14.8 Å². The van der Waals surface area contributed by atoms with Crippen molar-refractivity contribution in [2.45, 2.75) is 6.17 Å². The third-order valence-corrected chi connectivity index (χ3v) is 11.0. The van der Waals surface area contributed by atoms with Gasteiger partial charge in [0.1, 0.15) is 12.0 Å². The number of hydrogen-bond acceptors (Lipinski definition) is 4. The quantitative estimate of drug-likeness (QED) is 0.193. The van der Waals surface area contributed by atoms with Crippen LogP contribution in [0.5, 0.6) is 0 Å². The minimum Gasteiger partial charge on any atom is -0.344 e. The van der Waals surface area contributed by atoms with Gasteiger partial charge >= 0.3 is 0 Å². The van der Waals surface area contributed by atoms with Crippen LogP contribution in [0.15, 0.2) is 210 Å². The van der Waals surface area contributed by atoms with E-state index in [9.17, 15) is 0 Å². The van der Waals surface area contributed by atoms with Crippen LogP contribution in [0.3, 0.4) is 0 Å². The number of fused-ring (bicyclic) bond motifs is 9. The van der Waals surface area contributed by atoms with Crippen LogP contribution in [0.1, 0.15) is 22.9 Å². The Morgan fingerprint density at radius 3 is 1.89 bits per heavy atom. The lowest BCUT2D eigenvalue weighted by atomic mass is 9.93. The second-order valence-corrected chi connectivity index (χ2v) is 14.2. The van der Waals surface area contributed by atoms with E-state index >= 15 is 0 Å². The summed E-state index contributed by atoms with van der Waals surface area (Å²) < 4.78 is 2.41. The van der Waals surface area contributed by atoms with Crippen LogP contribution >= 0.6 is 0 Å². The van der Waals surface area contributed by atoms with Crippen molar-refractivity contribution in [2.75, 3.05) is 4.90 Å². The van der Waals surface area contributed by atoms with Crippen molar-refractivity contribution in [1.29, 1.82) is 0 Å². The number of para-hydroxylation sites is 3. The molecule has 5 nitrogen and oxygen atoms in total. The Bertz CT molecular complexity index is 3000. The van der Waals surface area contributed by atoms with Crippen LogP contribution < -0.4 is 10.2 Å². The first-order chi connectivity index (χ1) is 27.8. The summed E-state index contributed by atoms with van der Waals surface area (Å²) in [7, 11) is 0. The molecule has 1 N–H and O–H groups in total. The van der Waals surface area contributed by atoms with E-state index in [1.165, 1.54) is 38.7 Å². The second kappa shape index (κ2) is 13.1. The van der Waals surface area contributed by atoms with E-state index in [1.807, 2.05) is 24.3 Å². The predicted molar refractivity (Wildman–Crippen MR) is 232 cm³/mol. The summed E-state index contributed by atoms with van der Waals surface area (Å²) in [5.74, 6) is 1.49. The highest BCUT2D eigenvalue weighted by atomic mass is 15.2. The molecule has 1 aromatic heterocycles. The minimum atomic E-state index is -0.277. The van der Waals surface area contributed by atoms with Gasteiger partial charge in [0.05, 0.1) is 22.4 Å². The third kappa shape index (κ3) is 5.17. The van der Waals surface area contributed by atoms with Crippen LogP contribution in [-0.4, -0.2) is 16.2 Å². The van der Waals surface area contributed by atoms with Crippen molar-refractivity contribution < 1.29 is 0 Å². The standard InChI is InChI=1S/C51H35N5/c1-4-17-34(18-5-1)49-52-50(35-19-6-2-7-20-35)54-51(53-49)36-21-16-24-38(33-36)55-45-30-15-13-28-43(45)47-46(55)32-31-42-40-26-11-10-25-39(40)41-27-12-14-29-44(41)56(48(42)47)37-22-8-3-9-23-37/h1-33,49H,(H,52,53,54). The van der Waals surface area contributed by atoms with Crippen molar-refractivity contribution in [2.24, 2.45) is 9.98 Å². The first kappa shape index (κ1) is 32.0. The number of nitrogens with zero attached hydrogens (tertiary/aromatic N) is 4. The number of hydrogen-bond donors (Lipinski definition) is 1. The highest BCUT2D eigenvalue weighted by Crippen LogP contribution is 2.54. The molecule has 0 bridgehead atoms. The molecule has 0 fully saturated rings. The Balaban J connectivity index is 1.14.